The molecule has 0 saturated carbocycles. The molecule has 3 nitrogen and oxygen atoms in total. The third kappa shape index (κ3) is 3.85. The lowest BCUT2D eigenvalue weighted by molar-refractivity contribution is 0.507. The van der Waals surface area contributed by atoms with Crippen molar-refractivity contribution in [1.29, 1.82) is 0 Å². The van der Waals surface area contributed by atoms with E-state index in [0.717, 1.165) is 23.2 Å². The van der Waals surface area contributed by atoms with Gasteiger partial charge in [0, 0.05) is 23.2 Å². The Balaban J connectivity index is 2.22. The van der Waals surface area contributed by atoms with Crippen LogP contribution in [-0.4, -0.2) is 13.1 Å². The summed E-state index contributed by atoms with van der Waals surface area (Å²) in [6.45, 7) is 2.78. The first-order valence-electron chi connectivity index (χ1n) is 6.34. The Labute approximate surface area is 122 Å². The molecule has 1 unspecified atom stereocenters. The first-order chi connectivity index (χ1) is 9.06. The van der Waals surface area contributed by atoms with Crippen LogP contribution in [-0.2, 0) is 13.0 Å². The maximum Gasteiger partial charge on any atom is 0.123 e. The molecule has 19 heavy (non-hydrogen) atoms. The minimum Gasteiger partial charge on any atom is -0.467 e. The van der Waals surface area contributed by atoms with Crippen LogP contribution >= 0.6 is 15.9 Å². The van der Waals surface area contributed by atoms with Crippen molar-refractivity contribution in [2.24, 2.45) is 5.73 Å². The van der Waals surface area contributed by atoms with Crippen molar-refractivity contribution in [2.45, 2.75) is 25.9 Å². The summed E-state index contributed by atoms with van der Waals surface area (Å²) in [5.41, 5.74) is 8.37. The molecule has 102 valence electrons. The Morgan fingerprint density at radius 1 is 1.37 bits per heavy atom. The van der Waals surface area contributed by atoms with Crippen molar-refractivity contribution >= 4 is 21.6 Å². The molecule has 0 aliphatic heterocycles. The molecule has 0 aliphatic rings. The van der Waals surface area contributed by atoms with E-state index >= 15 is 0 Å². The Morgan fingerprint density at radius 2 is 2.16 bits per heavy atom. The van der Waals surface area contributed by atoms with E-state index in [1.807, 2.05) is 19.1 Å². The molecule has 0 amide bonds. The van der Waals surface area contributed by atoms with E-state index in [0.29, 0.717) is 0 Å². The number of hydrogen-bond acceptors (Lipinski definition) is 3. The van der Waals surface area contributed by atoms with Crippen molar-refractivity contribution in [2.75, 3.05) is 11.9 Å². The smallest absolute Gasteiger partial charge is 0.123 e. The molecule has 0 bridgehead atoms. The second-order valence-electron chi connectivity index (χ2n) is 4.89. The highest BCUT2D eigenvalue weighted by atomic mass is 79.9. The zero-order valence-corrected chi connectivity index (χ0v) is 12.9. The van der Waals surface area contributed by atoms with E-state index in [4.69, 9.17) is 10.2 Å². The van der Waals surface area contributed by atoms with Crippen LogP contribution in [0.2, 0.25) is 0 Å². The van der Waals surface area contributed by atoms with Gasteiger partial charge in [-0.15, -0.1) is 0 Å². The first-order valence-corrected chi connectivity index (χ1v) is 7.13. The monoisotopic (exact) mass is 322 g/mol. The molecule has 1 atom stereocenters. The predicted octanol–water partition coefficient (Wildman–Crippen LogP) is 3.57. The van der Waals surface area contributed by atoms with E-state index in [1.54, 1.807) is 6.26 Å². The molecular weight excluding hydrogens is 304 g/mol. The molecule has 0 fully saturated rings. The second-order valence-corrected chi connectivity index (χ2v) is 5.81. The van der Waals surface area contributed by atoms with Crippen LogP contribution < -0.4 is 10.6 Å². The Hall–Kier alpha value is -1.26. The fourth-order valence-electron chi connectivity index (χ4n) is 2.16. The number of furan rings is 1. The standard InChI is InChI=1S/C15H19BrN2O/c1-11(17)8-12-9-13(16)5-6-15(12)18(2)10-14-4-3-7-19-14/h3-7,9,11H,8,10,17H2,1-2H3. The van der Waals surface area contributed by atoms with E-state index in [-0.39, 0.29) is 6.04 Å². The van der Waals surface area contributed by atoms with Gasteiger partial charge in [-0.05, 0) is 49.2 Å². The van der Waals surface area contributed by atoms with Gasteiger partial charge in [0.1, 0.15) is 5.76 Å². The first kappa shape index (κ1) is 14.2. The van der Waals surface area contributed by atoms with Gasteiger partial charge in [0.05, 0.1) is 12.8 Å². The molecule has 4 heteroatoms. The van der Waals surface area contributed by atoms with Gasteiger partial charge in [-0.25, -0.2) is 0 Å². The summed E-state index contributed by atoms with van der Waals surface area (Å²) in [6, 6.07) is 10.3. The van der Waals surface area contributed by atoms with Crippen LogP contribution in [0.15, 0.2) is 45.5 Å². The zero-order valence-electron chi connectivity index (χ0n) is 11.3. The van der Waals surface area contributed by atoms with Gasteiger partial charge in [0.15, 0.2) is 0 Å². The molecule has 2 N–H and O–H groups in total. The highest BCUT2D eigenvalue weighted by molar-refractivity contribution is 9.10. The summed E-state index contributed by atoms with van der Waals surface area (Å²) >= 11 is 3.52. The van der Waals surface area contributed by atoms with Crippen molar-refractivity contribution in [3.8, 4) is 0 Å². The molecular formula is C15H19BrN2O. The number of hydrogen-bond donors (Lipinski definition) is 1. The van der Waals surface area contributed by atoms with Crippen LogP contribution in [0.1, 0.15) is 18.2 Å². The third-order valence-corrected chi connectivity index (χ3v) is 3.46. The molecule has 0 aliphatic carbocycles. The van der Waals surface area contributed by atoms with Gasteiger partial charge >= 0.3 is 0 Å². The maximum atomic E-state index is 5.93. The number of benzene rings is 1. The lowest BCUT2D eigenvalue weighted by Gasteiger charge is -2.22. The molecule has 2 rings (SSSR count). The van der Waals surface area contributed by atoms with E-state index in [2.05, 4.69) is 46.1 Å². The predicted molar refractivity (Wildman–Crippen MR) is 82.3 cm³/mol. The second kappa shape index (κ2) is 6.26. The van der Waals surface area contributed by atoms with E-state index in [9.17, 15) is 0 Å². The van der Waals surface area contributed by atoms with Crippen LogP contribution in [0.3, 0.4) is 0 Å². The summed E-state index contributed by atoms with van der Waals surface area (Å²) in [5.74, 6) is 0.956. The fourth-order valence-corrected chi connectivity index (χ4v) is 2.57. The van der Waals surface area contributed by atoms with Crippen LogP contribution in [0.5, 0.6) is 0 Å². The highest BCUT2D eigenvalue weighted by Crippen LogP contribution is 2.26. The van der Waals surface area contributed by atoms with Gasteiger partial charge in [-0.3, -0.25) is 0 Å². The van der Waals surface area contributed by atoms with Gasteiger partial charge in [-0.1, -0.05) is 15.9 Å². The minimum absolute atomic E-state index is 0.144. The molecule has 0 radical (unpaired) electrons. The molecule has 1 heterocycles. The molecule has 0 saturated heterocycles. The molecule has 1 aromatic heterocycles. The minimum atomic E-state index is 0.144. The van der Waals surface area contributed by atoms with Crippen molar-refractivity contribution in [3.05, 3.63) is 52.4 Å². The van der Waals surface area contributed by atoms with Crippen LogP contribution in [0.25, 0.3) is 0 Å². The summed E-state index contributed by atoms with van der Waals surface area (Å²) in [6.07, 6.45) is 2.56. The summed E-state index contributed by atoms with van der Waals surface area (Å²) in [7, 11) is 2.07. The summed E-state index contributed by atoms with van der Waals surface area (Å²) in [5, 5.41) is 0. The average molecular weight is 323 g/mol. The average Bonchev–Trinajstić information content (AvgIpc) is 2.80. The van der Waals surface area contributed by atoms with E-state index < -0.39 is 0 Å². The van der Waals surface area contributed by atoms with Gasteiger partial charge < -0.3 is 15.1 Å². The topological polar surface area (TPSA) is 42.4 Å². The number of halogens is 1. The SMILES string of the molecule is CC(N)Cc1cc(Br)ccc1N(C)Cc1ccco1. The molecule has 0 spiro atoms. The quantitative estimate of drug-likeness (QED) is 0.915. The Kier molecular flexibility index (Phi) is 4.66. The number of nitrogens with zero attached hydrogens (tertiary/aromatic N) is 1. The summed E-state index contributed by atoms with van der Waals surface area (Å²) in [4.78, 5) is 2.18. The maximum absolute atomic E-state index is 5.93. The lowest BCUT2D eigenvalue weighted by Crippen LogP contribution is -2.22. The van der Waals surface area contributed by atoms with Crippen molar-refractivity contribution < 1.29 is 4.42 Å². The van der Waals surface area contributed by atoms with Crippen LogP contribution in [0, 0.1) is 0 Å². The van der Waals surface area contributed by atoms with Crippen molar-refractivity contribution in [1.82, 2.24) is 0 Å². The van der Waals surface area contributed by atoms with Gasteiger partial charge in [-0.2, -0.15) is 0 Å². The van der Waals surface area contributed by atoms with Gasteiger partial charge in [0.2, 0.25) is 0 Å². The zero-order chi connectivity index (χ0) is 13.8. The molecule has 1 aromatic carbocycles. The van der Waals surface area contributed by atoms with Crippen molar-refractivity contribution in [3.63, 3.8) is 0 Å². The number of anilines is 1. The number of nitrogens with two attached hydrogens (primary N) is 1. The van der Waals surface area contributed by atoms with Gasteiger partial charge in [0.25, 0.3) is 0 Å². The summed E-state index contributed by atoms with van der Waals surface area (Å²) < 4.78 is 6.48. The largest absolute Gasteiger partial charge is 0.467 e. The Morgan fingerprint density at radius 3 is 2.79 bits per heavy atom. The van der Waals surface area contributed by atoms with Crippen LogP contribution in [0.4, 0.5) is 5.69 Å². The Bertz CT molecular complexity index is 523. The third-order valence-electron chi connectivity index (χ3n) is 2.97. The highest BCUT2D eigenvalue weighted by Gasteiger charge is 2.11. The normalized spacial score (nSPS) is 12.4. The van der Waals surface area contributed by atoms with E-state index in [1.165, 1.54) is 11.3 Å². The lowest BCUT2D eigenvalue weighted by atomic mass is 10.0. The number of rotatable bonds is 5. The molecule has 2 aromatic rings. The fraction of sp³-hybridized carbons (Fsp3) is 0.333.